The van der Waals surface area contributed by atoms with Crippen molar-refractivity contribution in [1.29, 1.82) is 0 Å². The van der Waals surface area contributed by atoms with Crippen LogP contribution >= 0.6 is 22.7 Å². The summed E-state index contributed by atoms with van der Waals surface area (Å²) in [6.45, 7) is 5.46. The number of rotatable bonds is 5. The van der Waals surface area contributed by atoms with Gasteiger partial charge in [-0.2, -0.15) is 0 Å². The molecule has 140 valence electrons. The number of anilines is 1. The molecule has 1 saturated heterocycles. The summed E-state index contributed by atoms with van der Waals surface area (Å²) < 4.78 is 5.44. The third kappa shape index (κ3) is 3.96. The van der Waals surface area contributed by atoms with Crippen LogP contribution in [0.3, 0.4) is 0 Å². The van der Waals surface area contributed by atoms with Crippen LogP contribution in [0.1, 0.15) is 17.3 Å². The lowest BCUT2D eigenvalue weighted by atomic mass is 10.1. The molecule has 27 heavy (non-hydrogen) atoms. The van der Waals surface area contributed by atoms with E-state index >= 15 is 0 Å². The predicted octanol–water partition coefficient (Wildman–Crippen LogP) is 3.63. The van der Waals surface area contributed by atoms with Gasteiger partial charge >= 0.3 is 0 Å². The molecule has 1 fully saturated rings. The van der Waals surface area contributed by atoms with Crippen LogP contribution in [0.15, 0.2) is 41.8 Å². The van der Waals surface area contributed by atoms with Gasteiger partial charge < -0.3 is 14.5 Å². The van der Waals surface area contributed by atoms with Crippen molar-refractivity contribution in [3.05, 3.63) is 47.3 Å². The van der Waals surface area contributed by atoms with E-state index in [0.29, 0.717) is 25.3 Å². The molecular formula is C19H20N4O2S2. The first-order valence-corrected chi connectivity index (χ1v) is 10.6. The summed E-state index contributed by atoms with van der Waals surface area (Å²) in [7, 11) is 0. The second-order valence-electron chi connectivity index (χ2n) is 6.10. The van der Waals surface area contributed by atoms with E-state index in [0.717, 1.165) is 33.9 Å². The van der Waals surface area contributed by atoms with E-state index in [1.165, 1.54) is 0 Å². The lowest BCUT2D eigenvalue weighted by Gasteiger charge is -2.34. The average molecular weight is 401 g/mol. The number of piperazine rings is 1. The minimum atomic E-state index is 0.0641. The fraction of sp³-hybridized carbons (Fsp3) is 0.316. The summed E-state index contributed by atoms with van der Waals surface area (Å²) in [5.74, 6) is 0.853. The fourth-order valence-electron chi connectivity index (χ4n) is 2.99. The van der Waals surface area contributed by atoms with E-state index in [4.69, 9.17) is 4.74 Å². The van der Waals surface area contributed by atoms with E-state index in [1.54, 1.807) is 22.7 Å². The Bertz CT molecular complexity index is 885. The second-order valence-corrected chi connectivity index (χ2v) is 8.01. The minimum absolute atomic E-state index is 0.0641. The number of hydrogen-bond acceptors (Lipinski definition) is 7. The molecule has 0 aliphatic carbocycles. The molecule has 0 unspecified atom stereocenters. The Morgan fingerprint density at radius 3 is 2.56 bits per heavy atom. The Kier molecular flexibility index (Phi) is 5.35. The Balaban J connectivity index is 1.36. The van der Waals surface area contributed by atoms with Gasteiger partial charge in [0.15, 0.2) is 5.01 Å². The van der Waals surface area contributed by atoms with Crippen LogP contribution in [0.25, 0.3) is 9.88 Å². The summed E-state index contributed by atoms with van der Waals surface area (Å²) >= 11 is 3.28. The lowest BCUT2D eigenvalue weighted by molar-refractivity contribution is 0.0746. The van der Waals surface area contributed by atoms with Crippen molar-refractivity contribution in [3.8, 4) is 15.6 Å². The molecule has 1 amide bonds. The minimum Gasteiger partial charge on any atom is -0.494 e. The van der Waals surface area contributed by atoms with E-state index in [9.17, 15) is 4.79 Å². The van der Waals surface area contributed by atoms with Crippen molar-refractivity contribution in [2.75, 3.05) is 37.7 Å². The van der Waals surface area contributed by atoms with E-state index in [-0.39, 0.29) is 5.91 Å². The third-order valence-electron chi connectivity index (χ3n) is 4.40. The fourth-order valence-corrected chi connectivity index (χ4v) is 4.68. The van der Waals surface area contributed by atoms with Gasteiger partial charge in [-0.1, -0.05) is 17.4 Å². The van der Waals surface area contributed by atoms with Gasteiger partial charge in [-0.3, -0.25) is 4.79 Å². The van der Waals surface area contributed by atoms with Crippen molar-refractivity contribution >= 4 is 33.7 Å². The van der Waals surface area contributed by atoms with Gasteiger partial charge in [-0.05, 0) is 42.6 Å². The van der Waals surface area contributed by atoms with E-state index in [1.807, 2.05) is 47.5 Å². The van der Waals surface area contributed by atoms with Crippen LogP contribution in [0.4, 0.5) is 5.13 Å². The highest BCUT2D eigenvalue weighted by molar-refractivity contribution is 7.22. The maximum atomic E-state index is 12.7. The summed E-state index contributed by atoms with van der Waals surface area (Å²) in [5.41, 5.74) is 0.697. The monoisotopic (exact) mass is 400 g/mol. The molecule has 0 saturated carbocycles. The standard InChI is InChI=1S/C19H20N4O2S2/c1-2-25-15-7-5-14(6-8-15)18(24)22-9-11-23(12-10-22)19-21-20-17(27-19)16-4-3-13-26-16/h3-8,13H,2,9-12H2,1H3. The molecular weight excluding hydrogens is 380 g/mol. The van der Waals surface area contributed by atoms with Crippen LogP contribution in [0.2, 0.25) is 0 Å². The molecule has 8 heteroatoms. The zero-order valence-corrected chi connectivity index (χ0v) is 16.6. The summed E-state index contributed by atoms with van der Waals surface area (Å²) in [6, 6.07) is 11.4. The van der Waals surface area contributed by atoms with Crippen LogP contribution in [0, 0.1) is 0 Å². The van der Waals surface area contributed by atoms with Gasteiger partial charge in [-0.15, -0.1) is 21.5 Å². The highest BCUT2D eigenvalue weighted by atomic mass is 32.1. The van der Waals surface area contributed by atoms with Gasteiger partial charge in [-0.25, -0.2) is 0 Å². The molecule has 0 N–H and O–H groups in total. The molecule has 3 aromatic rings. The highest BCUT2D eigenvalue weighted by Gasteiger charge is 2.24. The maximum absolute atomic E-state index is 12.7. The summed E-state index contributed by atoms with van der Waals surface area (Å²) in [4.78, 5) is 18.0. The molecule has 2 aromatic heterocycles. The number of carbonyl (C=O) groups excluding carboxylic acids is 1. The number of amides is 1. The third-order valence-corrected chi connectivity index (χ3v) is 6.42. The molecule has 3 heterocycles. The number of ether oxygens (including phenoxy) is 1. The van der Waals surface area contributed by atoms with Gasteiger partial charge in [0, 0.05) is 31.7 Å². The quantitative estimate of drug-likeness (QED) is 0.655. The number of carbonyl (C=O) groups is 1. The molecule has 1 aliphatic rings. The SMILES string of the molecule is CCOc1ccc(C(=O)N2CCN(c3nnc(-c4cccs4)s3)CC2)cc1. The lowest BCUT2D eigenvalue weighted by Crippen LogP contribution is -2.48. The zero-order chi connectivity index (χ0) is 18.6. The van der Waals surface area contributed by atoms with Gasteiger partial charge in [0.05, 0.1) is 11.5 Å². The molecule has 1 aromatic carbocycles. The van der Waals surface area contributed by atoms with Crippen molar-refractivity contribution in [2.45, 2.75) is 6.92 Å². The first-order valence-electron chi connectivity index (χ1n) is 8.89. The topological polar surface area (TPSA) is 58.6 Å². The van der Waals surface area contributed by atoms with Gasteiger partial charge in [0.2, 0.25) is 5.13 Å². The molecule has 0 spiro atoms. The van der Waals surface area contributed by atoms with Gasteiger partial charge in [0.1, 0.15) is 5.75 Å². The van der Waals surface area contributed by atoms with Crippen LogP contribution in [-0.4, -0.2) is 53.8 Å². The number of thiophene rings is 1. The number of nitrogens with zero attached hydrogens (tertiary/aromatic N) is 4. The predicted molar refractivity (Wildman–Crippen MR) is 109 cm³/mol. The van der Waals surface area contributed by atoms with Crippen molar-refractivity contribution in [1.82, 2.24) is 15.1 Å². The summed E-state index contributed by atoms with van der Waals surface area (Å²) in [6.07, 6.45) is 0. The number of benzene rings is 1. The molecule has 6 nitrogen and oxygen atoms in total. The Hall–Kier alpha value is -2.45. The van der Waals surface area contributed by atoms with Crippen molar-refractivity contribution in [3.63, 3.8) is 0 Å². The van der Waals surface area contributed by atoms with Crippen molar-refractivity contribution < 1.29 is 9.53 Å². The largest absolute Gasteiger partial charge is 0.494 e. The maximum Gasteiger partial charge on any atom is 0.253 e. The first-order chi connectivity index (χ1) is 13.2. The van der Waals surface area contributed by atoms with Crippen LogP contribution in [0.5, 0.6) is 5.75 Å². The second kappa shape index (κ2) is 8.06. The first kappa shape index (κ1) is 17.9. The molecule has 4 rings (SSSR count). The van der Waals surface area contributed by atoms with Crippen LogP contribution < -0.4 is 9.64 Å². The Labute approximate surface area is 166 Å². The highest BCUT2D eigenvalue weighted by Crippen LogP contribution is 2.31. The number of hydrogen-bond donors (Lipinski definition) is 0. The normalized spacial score (nSPS) is 14.4. The molecule has 1 aliphatic heterocycles. The van der Waals surface area contributed by atoms with Gasteiger partial charge in [0.25, 0.3) is 5.91 Å². The summed E-state index contributed by atoms with van der Waals surface area (Å²) in [5, 5.41) is 12.6. The van der Waals surface area contributed by atoms with Crippen molar-refractivity contribution in [2.24, 2.45) is 0 Å². The average Bonchev–Trinajstić information content (AvgIpc) is 3.40. The Morgan fingerprint density at radius 1 is 1.11 bits per heavy atom. The smallest absolute Gasteiger partial charge is 0.253 e. The van der Waals surface area contributed by atoms with Crippen LogP contribution in [-0.2, 0) is 0 Å². The van der Waals surface area contributed by atoms with E-state index in [2.05, 4.69) is 21.2 Å². The molecule has 0 atom stereocenters. The Morgan fingerprint density at radius 2 is 1.89 bits per heavy atom. The molecule has 0 bridgehead atoms. The number of aromatic nitrogens is 2. The van der Waals surface area contributed by atoms with E-state index < -0.39 is 0 Å². The molecule has 0 radical (unpaired) electrons. The zero-order valence-electron chi connectivity index (χ0n) is 15.0.